The first-order valence-corrected chi connectivity index (χ1v) is 7.51. The Bertz CT molecular complexity index is 384. The third-order valence-corrected chi connectivity index (χ3v) is 4.03. The monoisotopic (exact) mass is 267 g/mol. The molecule has 100 valence electrons. The van der Waals surface area contributed by atoms with Crippen LogP contribution in [-0.2, 0) is 0 Å². The lowest BCUT2D eigenvalue weighted by Gasteiger charge is -2.28. The Labute approximate surface area is 113 Å². The number of pyridine rings is 1. The molecule has 2 rings (SSSR count). The molecule has 4 heteroatoms. The van der Waals surface area contributed by atoms with Crippen LogP contribution in [0.3, 0.4) is 0 Å². The van der Waals surface area contributed by atoms with Crippen molar-refractivity contribution >= 4 is 11.8 Å². The van der Waals surface area contributed by atoms with Crippen LogP contribution in [0.15, 0.2) is 23.4 Å². The van der Waals surface area contributed by atoms with Gasteiger partial charge in [0.05, 0.1) is 6.10 Å². The highest BCUT2D eigenvalue weighted by molar-refractivity contribution is 7.99. The first-order chi connectivity index (χ1) is 8.66. The van der Waals surface area contributed by atoms with Crippen LogP contribution >= 0.6 is 11.8 Å². The van der Waals surface area contributed by atoms with Crippen LogP contribution in [-0.4, -0.2) is 27.5 Å². The molecule has 1 saturated carbocycles. The van der Waals surface area contributed by atoms with Crippen molar-refractivity contribution in [3.8, 4) is 5.75 Å². The summed E-state index contributed by atoms with van der Waals surface area (Å²) >= 11 is 1.70. The zero-order chi connectivity index (χ0) is 13.0. The predicted molar refractivity (Wildman–Crippen MR) is 74.1 cm³/mol. The number of thioether (sulfide) groups is 1. The summed E-state index contributed by atoms with van der Waals surface area (Å²) in [6.07, 6.45) is 5.38. The van der Waals surface area contributed by atoms with Crippen molar-refractivity contribution in [2.24, 2.45) is 0 Å². The van der Waals surface area contributed by atoms with Crippen LogP contribution < -0.4 is 4.74 Å². The van der Waals surface area contributed by atoms with E-state index in [1.807, 2.05) is 12.1 Å². The lowest BCUT2D eigenvalue weighted by Crippen LogP contribution is -2.34. The molecule has 0 amide bonds. The van der Waals surface area contributed by atoms with Crippen LogP contribution in [0.2, 0.25) is 0 Å². The molecular formula is C14H21NO2S. The van der Waals surface area contributed by atoms with Gasteiger partial charge in [0, 0.05) is 11.4 Å². The topological polar surface area (TPSA) is 42.4 Å². The fraction of sp³-hybridized carbons (Fsp3) is 0.643. The molecule has 1 heterocycles. The lowest BCUT2D eigenvalue weighted by atomic mass is 9.95. The van der Waals surface area contributed by atoms with Crippen molar-refractivity contribution in [2.45, 2.75) is 62.0 Å². The molecule has 0 aliphatic heterocycles. The molecule has 0 radical (unpaired) electrons. The van der Waals surface area contributed by atoms with E-state index in [1.165, 1.54) is 0 Å². The van der Waals surface area contributed by atoms with E-state index in [0.29, 0.717) is 5.25 Å². The molecule has 1 N–H and O–H groups in total. The largest absolute Gasteiger partial charge is 0.485 e. The van der Waals surface area contributed by atoms with Crippen molar-refractivity contribution in [1.29, 1.82) is 0 Å². The lowest BCUT2D eigenvalue weighted by molar-refractivity contribution is 0.00512. The van der Waals surface area contributed by atoms with E-state index in [1.54, 1.807) is 18.0 Å². The molecule has 2 unspecified atom stereocenters. The van der Waals surface area contributed by atoms with Gasteiger partial charge in [-0.25, -0.2) is 4.98 Å². The summed E-state index contributed by atoms with van der Waals surface area (Å²) in [5.41, 5.74) is 0. The van der Waals surface area contributed by atoms with Gasteiger partial charge in [-0.2, -0.15) is 0 Å². The molecule has 1 aliphatic carbocycles. The Morgan fingerprint density at radius 1 is 1.39 bits per heavy atom. The van der Waals surface area contributed by atoms with Crippen LogP contribution in [0, 0.1) is 0 Å². The van der Waals surface area contributed by atoms with Gasteiger partial charge in [-0.15, -0.1) is 0 Å². The summed E-state index contributed by atoms with van der Waals surface area (Å²) in [5.74, 6) is 0.808. The molecular weight excluding hydrogens is 246 g/mol. The van der Waals surface area contributed by atoms with E-state index in [2.05, 4.69) is 18.8 Å². The van der Waals surface area contributed by atoms with Crippen LogP contribution in [0.1, 0.15) is 39.5 Å². The zero-order valence-corrected chi connectivity index (χ0v) is 11.8. The fourth-order valence-corrected chi connectivity index (χ4v) is 2.96. The fourth-order valence-electron chi connectivity index (χ4n) is 2.16. The van der Waals surface area contributed by atoms with Crippen LogP contribution in [0.4, 0.5) is 0 Å². The number of nitrogens with zero attached hydrogens (tertiary/aromatic N) is 1. The first kappa shape index (κ1) is 13.7. The van der Waals surface area contributed by atoms with Gasteiger partial charge in [0.2, 0.25) is 0 Å². The van der Waals surface area contributed by atoms with Gasteiger partial charge >= 0.3 is 0 Å². The highest BCUT2D eigenvalue weighted by Gasteiger charge is 2.25. The Morgan fingerprint density at radius 3 is 2.89 bits per heavy atom. The number of aliphatic hydroxyl groups is 1. The number of ether oxygens (including phenoxy) is 1. The maximum atomic E-state index is 9.95. The van der Waals surface area contributed by atoms with E-state index in [0.717, 1.165) is 36.5 Å². The third-order valence-electron chi connectivity index (χ3n) is 3.03. The second-order valence-corrected chi connectivity index (χ2v) is 6.55. The predicted octanol–water partition coefficient (Wildman–Crippen LogP) is 3.26. The Balaban J connectivity index is 2.07. The minimum Gasteiger partial charge on any atom is -0.485 e. The third kappa shape index (κ3) is 3.62. The summed E-state index contributed by atoms with van der Waals surface area (Å²) in [4.78, 5) is 4.37. The highest BCUT2D eigenvalue weighted by atomic mass is 32.2. The first-order valence-electron chi connectivity index (χ1n) is 6.63. The maximum absolute atomic E-state index is 9.95. The Hall–Kier alpha value is -0.740. The number of hydrogen-bond acceptors (Lipinski definition) is 4. The SMILES string of the molecule is CC(C)Sc1ncccc1OC1CCCCC1O. The minimum atomic E-state index is -0.337. The van der Waals surface area contributed by atoms with E-state index in [-0.39, 0.29) is 12.2 Å². The summed E-state index contributed by atoms with van der Waals surface area (Å²) < 4.78 is 5.97. The normalized spacial score (nSPS) is 24.2. The van der Waals surface area contributed by atoms with Gasteiger partial charge in [0.25, 0.3) is 0 Å². The quantitative estimate of drug-likeness (QED) is 0.850. The summed E-state index contributed by atoms with van der Waals surface area (Å²) in [5, 5.41) is 11.3. The Kier molecular flexibility index (Phi) is 4.89. The van der Waals surface area contributed by atoms with E-state index >= 15 is 0 Å². The van der Waals surface area contributed by atoms with Gasteiger partial charge in [-0.05, 0) is 31.4 Å². The molecule has 1 aromatic rings. The number of hydrogen-bond donors (Lipinski definition) is 1. The molecule has 2 atom stereocenters. The standard InChI is InChI=1S/C14H21NO2S/c1-10(2)18-14-13(8-5-9-15-14)17-12-7-4-3-6-11(12)16/h5,8-12,16H,3-4,6-7H2,1-2H3. The second kappa shape index (κ2) is 6.43. The maximum Gasteiger partial charge on any atom is 0.152 e. The molecule has 0 spiro atoms. The average molecular weight is 267 g/mol. The van der Waals surface area contributed by atoms with Crippen molar-refractivity contribution in [1.82, 2.24) is 4.98 Å². The molecule has 1 aliphatic rings. The summed E-state index contributed by atoms with van der Waals surface area (Å²) in [6, 6.07) is 3.83. The molecule has 0 aromatic carbocycles. The zero-order valence-electron chi connectivity index (χ0n) is 11.0. The molecule has 0 saturated heterocycles. The highest BCUT2D eigenvalue weighted by Crippen LogP contribution is 2.32. The van der Waals surface area contributed by atoms with Gasteiger partial charge in [-0.1, -0.05) is 32.0 Å². The van der Waals surface area contributed by atoms with Crippen LogP contribution in [0.5, 0.6) is 5.75 Å². The van der Waals surface area contributed by atoms with Gasteiger partial charge in [0.15, 0.2) is 5.75 Å². The minimum absolute atomic E-state index is 0.0746. The van der Waals surface area contributed by atoms with Gasteiger partial charge in [0.1, 0.15) is 11.1 Å². The van der Waals surface area contributed by atoms with Gasteiger partial charge < -0.3 is 9.84 Å². The van der Waals surface area contributed by atoms with Crippen molar-refractivity contribution < 1.29 is 9.84 Å². The summed E-state index contributed by atoms with van der Waals surface area (Å²) in [7, 11) is 0. The Morgan fingerprint density at radius 2 is 2.17 bits per heavy atom. The smallest absolute Gasteiger partial charge is 0.152 e. The molecule has 1 fully saturated rings. The molecule has 18 heavy (non-hydrogen) atoms. The van der Waals surface area contributed by atoms with Crippen molar-refractivity contribution in [2.75, 3.05) is 0 Å². The van der Waals surface area contributed by atoms with Crippen molar-refractivity contribution in [3.05, 3.63) is 18.3 Å². The molecule has 0 bridgehead atoms. The van der Waals surface area contributed by atoms with Crippen molar-refractivity contribution in [3.63, 3.8) is 0 Å². The number of rotatable bonds is 4. The average Bonchev–Trinajstić information content (AvgIpc) is 2.34. The van der Waals surface area contributed by atoms with Gasteiger partial charge in [-0.3, -0.25) is 0 Å². The number of aromatic nitrogens is 1. The van der Waals surface area contributed by atoms with E-state index in [9.17, 15) is 5.11 Å². The second-order valence-electron chi connectivity index (χ2n) is 4.98. The van der Waals surface area contributed by atoms with E-state index in [4.69, 9.17) is 4.74 Å². The van der Waals surface area contributed by atoms with Crippen LogP contribution in [0.25, 0.3) is 0 Å². The summed E-state index contributed by atoms with van der Waals surface area (Å²) in [6.45, 7) is 4.27. The molecule has 1 aromatic heterocycles. The van der Waals surface area contributed by atoms with E-state index < -0.39 is 0 Å². The number of aliphatic hydroxyl groups excluding tert-OH is 1. The molecule has 3 nitrogen and oxygen atoms in total.